The van der Waals surface area contributed by atoms with Crippen molar-refractivity contribution in [3.63, 3.8) is 0 Å². The lowest BCUT2D eigenvalue weighted by Gasteiger charge is -2.15. The minimum Gasteiger partial charge on any atom is -0.392 e. The van der Waals surface area contributed by atoms with Crippen LogP contribution in [-0.4, -0.2) is 23.7 Å². The summed E-state index contributed by atoms with van der Waals surface area (Å²) in [5.74, 6) is 0. The first-order chi connectivity index (χ1) is 9.86. The van der Waals surface area contributed by atoms with Crippen molar-refractivity contribution in [3.05, 3.63) is 45.7 Å². The number of aromatic amines is 1. The fraction of sp³-hybridized carbons (Fsp3) is 0.250. The van der Waals surface area contributed by atoms with E-state index in [-0.39, 0.29) is 20.5 Å². The second-order valence-corrected chi connectivity index (χ2v) is 6.84. The fourth-order valence-electron chi connectivity index (χ4n) is 1.79. The molecule has 2 rings (SSSR count). The molecule has 0 amide bonds. The quantitative estimate of drug-likeness (QED) is 0.771. The highest BCUT2D eigenvalue weighted by molar-refractivity contribution is 7.89. The predicted molar refractivity (Wildman–Crippen MR) is 79.7 cm³/mol. The maximum Gasteiger partial charge on any atom is 0.242 e. The Morgan fingerprint density at radius 1 is 1.43 bits per heavy atom. The Morgan fingerprint density at radius 2 is 2.14 bits per heavy atom. The van der Waals surface area contributed by atoms with Gasteiger partial charge in [-0.15, -0.1) is 0 Å². The molecule has 2 aromatic rings. The molecule has 114 valence electrons. The van der Waals surface area contributed by atoms with Crippen LogP contribution in [0.2, 0.25) is 10.0 Å². The molecule has 0 aliphatic carbocycles. The number of hydrogen-bond acceptors (Lipinski definition) is 4. The van der Waals surface area contributed by atoms with Gasteiger partial charge in [-0.3, -0.25) is 5.10 Å². The van der Waals surface area contributed by atoms with E-state index < -0.39 is 22.7 Å². The van der Waals surface area contributed by atoms with Crippen LogP contribution in [0.5, 0.6) is 0 Å². The number of aliphatic hydroxyl groups is 1. The summed E-state index contributed by atoms with van der Waals surface area (Å²) >= 11 is 11.9. The predicted octanol–water partition coefficient (Wildman–Crippen LogP) is 2.25. The van der Waals surface area contributed by atoms with Gasteiger partial charge >= 0.3 is 0 Å². The van der Waals surface area contributed by atoms with Crippen molar-refractivity contribution >= 4 is 33.2 Å². The van der Waals surface area contributed by atoms with Gasteiger partial charge in [0.1, 0.15) is 4.90 Å². The molecule has 0 aliphatic rings. The third-order valence-electron chi connectivity index (χ3n) is 2.95. The smallest absolute Gasteiger partial charge is 0.242 e. The number of nitrogens with zero attached hydrogens (tertiary/aromatic N) is 1. The number of H-pyrrole nitrogens is 1. The standard InChI is InChI=1S/C12H13Cl2N3O3S/c1-7(8-4-15-16-5-8)17-21(19,20)11-3-2-10(13)9(6-18)12(11)14/h2-5,7,17-18H,6H2,1H3,(H,15,16). The largest absolute Gasteiger partial charge is 0.392 e. The number of aliphatic hydroxyl groups excluding tert-OH is 1. The Balaban J connectivity index is 2.36. The Labute approximate surface area is 132 Å². The molecule has 0 aliphatic heterocycles. The zero-order chi connectivity index (χ0) is 15.6. The number of nitrogens with one attached hydrogen (secondary N) is 2. The lowest BCUT2D eigenvalue weighted by atomic mass is 10.2. The van der Waals surface area contributed by atoms with Crippen LogP contribution in [0.3, 0.4) is 0 Å². The molecule has 0 radical (unpaired) electrons. The number of rotatable bonds is 5. The van der Waals surface area contributed by atoms with Crippen LogP contribution in [-0.2, 0) is 16.6 Å². The van der Waals surface area contributed by atoms with Crippen molar-refractivity contribution in [3.8, 4) is 0 Å². The van der Waals surface area contributed by atoms with Crippen LogP contribution in [0.1, 0.15) is 24.1 Å². The zero-order valence-corrected chi connectivity index (χ0v) is 13.3. The summed E-state index contributed by atoms with van der Waals surface area (Å²) in [7, 11) is -3.86. The van der Waals surface area contributed by atoms with Crippen LogP contribution >= 0.6 is 23.2 Å². The number of aromatic nitrogens is 2. The molecule has 3 N–H and O–H groups in total. The Bertz CT molecular complexity index is 732. The van der Waals surface area contributed by atoms with Crippen molar-refractivity contribution in [1.82, 2.24) is 14.9 Å². The number of hydrogen-bond donors (Lipinski definition) is 3. The zero-order valence-electron chi connectivity index (χ0n) is 11.0. The molecule has 0 spiro atoms. The lowest BCUT2D eigenvalue weighted by Crippen LogP contribution is -2.27. The average molecular weight is 350 g/mol. The van der Waals surface area contributed by atoms with Crippen LogP contribution in [0.25, 0.3) is 0 Å². The maximum atomic E-state index is 12.4. The van der Waals surface area contributed by atoms with Crippen molar-refractivity contribution in [2.24, 2.45) is 0 Å². The molecular weight excluding hydrogens is 337 g/mol. The summed E-state index contributed by atoms with van der Waals surface area (Å²) in [6, 6.07) is 2.20. The van der Waals surface area contributed by atoms with E-state index in [2.05, 4.69) is 14.9 Å². The molecule has 9 heteroatoms. The summed E-state index contributed by atoms with van der Waals surface area (Å²) in [6.07, 6.45) is 3.12. The third-order valence-corrected chi connectivity index (χ3v) is 5.43. The molecule has 21 heavy (non-hydrogen) atoms. The van der Waals surface area contributed by atoms with Crippen LogP contribution in [0.15, 0.2) is 29.4 Å². The van der Waals surface area contributed by atoms with Gasteiger partial charge in [0.25, 0.3) is 0 Å². The third kappa shape index (κ3) is 3.38. The van der Waals surface area contributed by atoms with Crippen molar-refractivity contribution in [2.75, 3.05) is 0 Å². The molecule has 1 aromatic heterocycles. The molecule has 1 aromatic carbocycles. The minimum absolute atomic E-state index is 0.0862. The summed E-state index contributed by atoms with van der Waals surface area (Å²) in [5.41, 5.74) is 0.864. The average Bonchev–Trinajstić information content (AvgIpc) is 2.92. The summed E-state index contributed by atoms with van der Waals surface area (Å²) < 4.78 is 27.3. The van der Waals surface area contributed by atoms with E-state index in [1.807, 2.05) is 0 Å². The van der Waals surface area contributed by atoms with E-state index in [9.17, 15) is 13.5 Å². The SMILES string of the molecule is CC(NS(=O)(=O)c1ccc(Cl)c(CO)c1Cl)c1cn[nH]c1. The van der Waals surface area contributed by atoms with E-state index in [1.165, 1.54) is 18.3 Å². The minimum atomic E-state index is -3.86. The molecule has 0 saturated heterocycles. The molecule has 6 nitrogen and oxygen atoms in total. The van der Waals surface area contributed by atoms with Crippen LogP contribution < -0.4 is 4.72 Å². The van der Waals surface area contributed by atoms with E-state index in [0.717, 1.165) is 0 Å². The second-order valence-electron chi connectivity index (χ2n) is 4.37. The molecule has 1 heterocycles. The van der Waals surface area contributed by atoms with Gasteiger partial charge in [-0.1, -0.05) is 23.2 Å². The van der Waals surface area contributed by atoms with Gasteiger partial charge in [-0.2, -0.15) is 5.10 Å². The van der Waals surface area contributed by atoms with E-state index in [4.69, 9.17) is 23.2 Å². The Morgan fingerprint density at radius 3 is 2.71 bits per heavy atom. The number of sulfonamides is 1. The highest BCUT2D eigenvalue weighted by Crippen LogP contribution is 2.31. The van der Waals surface area contributed by atoms with Gasteiger partial charge in [0.15, 0.2) is 0 Å². The van der Waals surface area contributed by atoms with Gasteiger partial charge in [0, 0.05) is 28.4 Å². The first-order valence-corrected chi connectivity index (χ1v) is 8.19. The van der Waals surface area contributed by atoms with Crippen molar-refractivity contribution in [1.29, 1.82) is 0 Å². The highest BCUT2D eigenvalue weighted by Gasteiger charge is 2.24. The summed E-state index contributed by atoms with van der Waals surface area (Å²) in [6.45, 7) is 1.23. The van der Waals surface area contributed by atoms with Crippen LogP contribution in [0.4, 0.5) is 0 Å². The molecular formula is C12H13Cl2N3O3S. The van der Waals surface area contributed by atoms with Gasteiger partial charge in [-0.05, 0) is 19.1 Å². The summed E-state index contributed by atoms with van der Waals surface area (Å²) in [5, 5.41) is 15.7. The monoisotopic (exact) mass is 349 g/mol. The maximum absolute atomic E-state index is 12.4. The van der Waals surface area contributed by atoms with Crippen molar-refractivity contribution < 1.29 is 13.5 Å². The Kier molecular flexibility index (Phi) is 4.90. The number of halogens is 2. The molecule has 1 atom stereocenters. The Hall–Kier alpha value is -1.12. The second kappa shape index (κ2) is 6.33. The fourth-order valence-corrected chi connectivity index (χ4v) is 3.92. The van der Waals surface area contributed by atoms with Gasteiger partial charge in [-0.25, -0.2) is 13.1 Å². The first kappa shape index (κ1) is 16.3. The summed E-state index contributed by atoms with van der Waals surface area (Å²) in [4.78, 5) is -0.132. The van der Waals surface area contributed by atoms with E-state index in [0.29, 0.717) is 5.56 Å². The molecule has 0 fully saturated rings. The van der Waals surface area contributed by atoms with Crippen molar-refractivity contribution in [2.45, 2.75) is 24.5 Å². The topological polar surface area (TPSA) is 95.1 Å². The van der Waals surface area contributed by atoms with Gasteiger partial charge < -0.3 is 5.11 Å². The molecule has 0 bridgehead atoms. The van der Waals surface area contributed by atoms with E-state index >= 15 is 0 Å². The van der Waals surface area contributed by atoms with Gasteiger partial charge in [0.05, 0.1) is 17.8 Å². The highest BCUT2D eigenvalue weighted by atomic mass is 35.5. The normalized spacial score (nSPS) is 13.3. The van der Waals surface area contributed by atoms with E-state index in [1.54, 1.807) is 13.1 Å². The number of benzene rings is 1. The molecule has 1 unspecified atom stereocenters. The van der Waals surface area contributed by atoms with Crippen LogP contribution in [0, 0.1) is 0 Å². The molecule has 0 saturated carbocycles. The first-order valence-electron chi connectivity index (χ1n) is 5.95. The lowest BCUT2D eigenvalue weighted by molar-refractivity contribution is 0.281. The van der Waals surface area contributed by atoms with Gasteiger partial charge in [0.2, 0.25) is 10.0 Å².